The van der Waals surface area contributed by atoms with Crippen molar-refractivity contribution >= 4 is 10.2 Å². The summed E-state index contributed by atoms with van der Waals surface area (Å²) >= 11 is 0. The third kappa shape index (κ3) is 4.04. The van der Waals surface area contributed by atoms with Gasteiger partial charge in [-0.15, -0.1) is 0 Å². The van der Waals surface area contributed by atoms with Gasteiger partial charge in [0, 0.05) is 12.6 Å². The smallest absolute Gasteiger partial charge is 0.274 e. The molecule has 0 aromatic carbocycles. The Morgan fingerprint density at radius 3 is 2.85 bits per heavy atom. The summed E-state index contributed by atoms with van der Waals surface area (Å²) in [6, 6.07) is 0.215. The van der Waals surface area contributed by atoms with Crippen molar-refractivity contribution in [1.82, 2.24) is 10.0 Å². The van der Waals surface area contributed by atoms with Gasteiger partial charge in [-0.2, -0.15) is 8.42 Å². The second-order valence-electron chi connectivity index (χ2n) is 3.57. The van der Waals surface area contributed by atoms with Crippen LogP contribution in [0.2, 0.25) is 0 Å². The molecule has 0 aromatic rings. The summed E-state index contributed by atoms with van der Waals surface area (Å²) in [4.78, 5) is 0. The fraction of sp³-hybridized carbons (Fsp3) is 1.00. The van der Waals surface area contributed by atoms with Crippen molar-refractivity contribution in [1.29, 1.82) is 0 Å². The van der Waals surface area contributed by atoms with Crippen molar-refractivity contribution in [2.75, 3.05) is 13.1 Å². The number of hydrogen-bond donors (Lipinski definition) is 3. The molecule has 1 aliphatic heterocycles. The molecule has 78 valence electrons. The standard InChI is InChI=1S/C7H17N3O2S/c1-6-3-2-4-9-7(6)5-10-13(8,11)12/h6-7,9-10H,2-5H2,1H3,(H2,8,11,12). The van der Waals surface area contributed by atoms with E-state index in [4.69, 9.17) is 5.14 Å². The molecule has 13 heavy (non-hydrogen) atoms. The first-order chi connectivity index (χ1) is 5.99. The van der Waals surface area contributed by atoms with Crippen LogP contribution in [0.15, 0.2) is 0 Å². The summed E-state index contributed by atoms with van der Waals surface area (Å²) in [5.74, 6) is 0.503. The predicted octanol–water partition coefficient (Wildman–Crippen LogP) is -0.832. The van der Waals surface area contributed by atoms with Gasteiger partial charge < -0.3 is 5.32 Å². The highest BCUT2D eigenvalue weighted by molar-refractivity contribution is 7.87. The van der Waals surface area contributed by atoms with Crippen LogP contribution in [-0.4, -0.2) is 27.5 Å². The van der Waals surface area contributed by atoms with Gasteiger partial charge in [0.2, 0.25) is 0 Å². The number of hydrogen-bond acceptors (Lipinski definition) is 3. The largest absolute Gasteiger partial charge is 0.312 e. The van der Waals surface area contributed by atoms with Crippen molar-refractivity contribution in [2.45, 2.75) is 25.8 Å². The molecule has 0 bridgehead atoms. The van der Waals surface area contributed by atoms with Crippen LogP contribution in [0.4, 0.5) is 0 Å². The first-order valence-electron chi connectivity index (χ1n) is 4.50. The van der Waals surface area contributed by atoms with Crippen molar-refractivity contribution < 1.29 is 8.42 Å². The van der Waals surface area contributed by atoms with Gasteiger partial charge in [-0.25, -0.2) is 9.86 Å². The molecule has 2 atom stereocenters. The Morgan fingerprint density at radius 1 is 1.62 bits per heavy atom. The van der Waals surface area contributed by atoms with Gasteiger partial charge in [-0.05, 0) is 25.3 Å². The lowest BCUT2D eigenvalue weighted by Crippen LogP contribution is -2.48. The molecule has 2 unspecified atom stereocenters. The van der Waals surface area contributed by atoms with Gasteiger partial charge in [0.1, 0.15) is 0 Å². The molecule has 1 heterocycles. The molecule has 1 aliphatic rings. The molecule has 0 saturated carbocycles. The average Bonchev–Trinajstić information content (AvgIpc) is 2.01. The Kier molecular flexibility index (Phi) is 3.66. The molecule has 1 rings (SSSR count). The van der Waals surface area contributed by atoms with Crippen LogP contribution >= 0.6 is 0 Å². The number of rotatable bonds is 3. The van der Waals surface area contributed by atoms with E-state index in [-0.39, 0.29) is 6.04 Å². The molecule has 1 fully saturated rings. The summed E-state index contributed by atoms with van der Waals surface area (Å²) in [7, 11) is -3.54. The Hall–Kier alpha value is -0.170. The zero-order valence-corrected chi connectivity index (χ0v) is 8.60. The molecule has 1 saturated heterocycles. The minimum atomic E-state index is -3.54. The number of piperidine rings is 1. The molecule has 0 radical (unpaired) electrons. The second-order valence-corrected chi connectivity index (χ2v) is 4.95. The highest BCUT2D eigenvalue weighted by atomic mass is 32.2. The van der Waals surface area contributed by atoms with E-state index < -0.39 is 10.2 Å². The molecular formula is C7H17N3O2S. The van der Waals surface area contributed by atoms with Gasteiger partial charge in [0.15, 0.2) is 0 Å². The van der Waals surface area contributed by atoms with E-state index >= 15 is 0 Å². The zero-order valence-electron chi connectivity index (χ0n) is 7.79. The summed E-state index contributed by atoms with van der Waals surface area (Å²) in [6.07, 6.45) is 2.30. The molecule has 0 aliphatic carbocycles. The molecule has 0 aromatic heterocycles. The lowest BCUT2D eigenvalue weighted by molar-refractivity contribution is 0.300. The fourth-order valence-corrected chi connectivity index (χ4v) is 2.01. The van der Waals surface area contributed by atoms with E-state index in [0.29, 0.717) is 12.5 Å². The Bertz CT molecular complexity index is 252. The molecule has 0 amide bonds. The lowest BCUT2D eigenvalue weighted by atomic mass is 9.93. The summed E-state index contributed by atoms with van der Waals surface area (Å²) < 4.78 is 23.5. The van der Waals surface area contributed by atoms with E-state index in [2.05, 4.69) is 17.0 Å². The summed E-state index contributed by atoms with van der Waals surface area (Å²) in [5, 5.41) is 8.09. The lowest BCUT2D eigenvalue weighted by Gasteiger charge is -2.29. The Balaban J connectivity index is 2.35. The third-order valence-corrected chi connectivity index (χ3v) is 3.00. The number of nitrogens with one attached hydrogen (secondary N) is 2. The van der Waals surface area contributed by atoms with Crippen molar-refractivity contribution in [2.24, 2.45) is 11.1 Å². The topological polar surface area (TPSA) is 84.2 Å². The monoisotopic (exact) mass is 207 g/mol. The van der Waals surface area contributed by atoms with E-state index in [1.807, 2.05) is 0 Å². The number of nitrogens with two attached hydrogens (primary N) is 1. The fourth-order valence-electron chi connectivity index (χ4n) is 1.59. The maximum atomic E-state index is 10.6. The van der Waals surface area contributed by atoms with Gasteiger partial charge in [-0.3, -0.25) is 0 Å². The van der Waals surface area contributed by atoms with Crippen LogP contribution in [0.25, 0.3) is 0 Å². The summed E-state index contributed by atoms with van der Waals surface area (Å²) in [6.45, 7) is 3.46. The van der Waals surface area contributed by atoms with Gasteiger partial charge >= 0.3 is 0 Å². The molecule has 4 N–H and O–H groups in total. The minimum Gasteiger partial charge on any atom is -0.312 e. The van der Waals surface area contributed by atoms with Crippen molar-refractivity contribution in [3.63, 3.8) is 0 Å². The maximum Gasteiger partial charge on any atom is 0.274 e. The van der Waals surface area contributed by atoms with Crippen molar-refractivity contribution in [3.05, 3.63) is 0 Å². The van der Waals surface area contributed by atoms with E-state index in [1.165, 1.54) is 0 Å². The maximum absolute atomic E-state index is 10.6. The SMILES string of the molecule is CC1CCCNC1CNS(N)(=O)=O. The second kappa shape index (κ2) is 4.36. The summed E-state index contributed by atoms with van der Waals surface area (Å²) in [5.41, 5.74) is 0. The Morgan fingerprint density at radius 2 is 2.31 bits per heavy atom. The Labute approximate surface area is 79.3 Å². The van der Waals surface area contributed by atoms with Crippen molar-refractivity contribution in [3.8, 4) is 0 Å². The van der Waals surface area contributed by atoms with E-state index in [1.54, 1.807) is 0 Å². The zero-order chi connectivity index (χ0) is 9.90. The van der Waals surface area contributed by atoms with Crippen LogP contribution in [0.1, 0.15) is 19.8 Å². The highest BCUT2D eigenvalue weighted by Crippen LogP contribution is 2.14. The van der Waals surface area contributed by atoms with Crippen LogP contribution in [0.3, 0.4) is 0 Å². The van der Waals surface area contributed by atoms with E-state index in [0.717, 1.165) is 19.4 Å². The average molecular weight is 207 g/mol. The van der Waals surface area contributed by atoms with Crippen LogP contribution in [0.5, 0.6) is 0 Å². The molecular weight excluding hydrogens is 190 g/mol. The minimum absolute atomic E-state index is 0.215. The van der Waals surface area contributed by atoms with Crippen LogP contribution < -0.4 is 15.2 Å². The third-order valence-electron chi connectivity index (χ3n) is 2.43. The molecule has 6 heteroatoms. The van der Waals surface area contributed by atoms with Gasteiger partial charge in [0.05, 0.1) is 0 Å². The normalized spacial score (nSPS) is 30.3. The van der Waals surface area contributed by atoms with Gasteiger partial charge in [-0.1, -0.05) is 6.92 Å². The molecule has 5 nitrogen and oxygen atoms in total. The first-order valence-corrected chi connectivity index (χ1v) is 6.04. The quantitative estimate of drug-likeness (QED) is 0.564. The predicted molar refractivity (Wildman–Crippen MR) is 51.3 cm³/mol. The molecule has 0 spiro atoms. The first kappa shape index (κ1) is 10.9. The van der Waals surface area contributed by atoms with E-state index in [9.17, 15) is 8.42 Å². The highest BCUT2D eigenvalue weighted by Gasteiger charge is 2.21. The van der Waals surface area contributed by atoms with Crippen LogP contribution in [-0.2, 0) is 10.2 Å². The van der Waals surface area contributed by atoms with Gasteiger partial charge in [0.25, 0.3) is 10.2 Å². The van der Waals surface area contributed by atoms with Crippen LogP contribution in [0, 0.1) is 5.92 Å².